The molecule has 7 aromatic heterocycles. The predicted molar refractivity (Wildman–Crippen MR) is 526 cm³/mol. The molecule has 8 nitrogen and oxygen atoms in total. The number of para-hydroxylation sites is 8. The van der Waals surface area contributed by atoms with Gasteiger partial charge in [-0.1, -0.05) is 249 Å². The van der Waals surface area contributed by atoms with Gasteiger partial charge >= 0.3 is 0 Å². The molecule has 0 saturated heterocycles. The van der Waals surface area contributed by atoms with E-state index in [1.165, 1.54) is 109 Å². The van der Waals surface area contributed by atoms with E-state index in [4.69, 9.17) is 9.97 Å². The third kappa shape index (κ3) is 11.3. The van der Waals surface area contributed by atoms with Crippen LogP contribution in [0.3, 0.4) is 0 Å². The van der Waals surface area contributed by atoms with Gasteiger partial charge in [0, 0.05) is 115 Å². The normalized spacial score (nSPS) is 12.0. The van der Waals surface area contributed by atoms with Crippen LogP contribution in [0.4, 0.5) is 0 Å². The molecule has 0 fully saturated rings. The standard InChI is InChI=1S/C118H74N8/c1-6-26-75(27-7-1)118-119-104(84-28-24-38-90(64-84)125-108-46-22-18-42-94(108)98-68-78(50-58-112(98)125)82-54-62-116-102(72-82)100-70-80(52-60-114(100)123(116)88-34-12-4-13-35-88)76-48-56-110-96(66-76)92-40-16-20-44-106(92)121(110)86-30-8-2-9-31-86)74-105(120-118)85-29-25-39-91(65-85)126-109-47-23-19-43-95(109)99-69-79(51-59-113(99)126)83-55-63-117-103(73-83)101-71-81(53-61-115(101)124(117)89-36-14-5-15-37-89)77-49-57-111-97(67-77)93-41-17-21-45-107(93)122(111)87-32-10-3-11-33-87/h1-74H. The van der Waals surface area contributed by atoms with Crippen molar-refractivity contribution in [2.75, 3.05) is 0 Å². The molecule has 126 heavy (non-hydrogen) atoms. The molecule has 26 rings (SSSR count). The van der Waals surface area contributed by atoms with Crippen LogP contribution in [0.1, 0.15) is 0 Å². The summed E-state index contributed by atoms with van der Waals surface area (Å²) in [5, 5.41) is 14.5. The smallest absolute Gasteiger partial charge is 0.160 e. The monoisotopic (exact) mass is 1600 g/mol. The molecule has 0 aliphatic rings. The molecule has 0 radical (unpaired) electrons. The maximum Gasteiger partial charge on any atom is 0.160 e. The molecule has 8 heteroatoms. The van der Waals surface area contributed by atoms with Crippen molar-refractivity contribution in [1.82, 2.24) is 37.4 Å². The molecule has 0 aliphatic carbocycles. The van der Waals surface area contributed by atoms with Crippen molar-refractivity contribution >= 4 is 131 Å². The lowest BCUT2D eigenvalue weighted by atomic mass is 9.98. The molecule has 0 unspecified atom stereocenters. The second kappa shape index (κ2) is 28.3. The zero-order chi connectivity index (χ0) is 82.6. The summed E-state index contributed by atoms with van der Waals surface area (Å²) in [6, 6.07) is 164. The number of fused-ring (bicyclic) bond motifs is 18. The van der Waals surface area contributed by atoms with Crippen LogP contribution in [0, 0.1) is 0 Å². The SMILES string of the molecule is c1ccc(-c2nc(-c3cccc(-n4c5ccccc5c5cc(-c6ccc7c(c6)c6cc(-c8ccc9c(c8)c8ccccc8n9-c8ccccc8)ccc6n7-c6ccccc6)ccc54)c3)cc(-c3cccc(-n4c5ccccc5c5cc(-c6ccc7c(c6)c6cc(-c8ccc9c(c8)c8ccccc8n9-c8ccccc8)ccc6n7-c6ccccc6)ccc54)c3)n2)cc1. The fourth-order valence-corrected chi connectivity index (χ4v) is 20.4. The van der Waals surface area contributed by atoms with E-state index >= 15 is 0 Å². The second-order valence-corrected chi connectivity index (χ2v) is 33.2. The Labute approximate surface area is 724 Å². The number of rotatable bonds is 13. The van der Waals surface area contributed by atoms with Gasteiger partial charge in [0.15, 0.2) is 5.82 Å². The van der Waals surface area contributed by atoms with E-state index in [1.807, 2.05) is 6.07 Å². The molecule has 26 aromatic rings. The topological polar surface area (TPSA) is 55.4 Å². The third-order valence-electron chi connectivity index (χ3n) is 26.2. The summed E-state index contributed by atoms with van der Waals surface area (Å²) in [5.41, 5.74) is 34.4. The number of hydrogen-bond acceptors (Lipinski definition) is 2. The van der Waals surface area contributed by atoms with Crippen molar-refractivity contribution in [2.45, 2.75) is 0 Å². The zero-order valence-electron chi connectivity index (χ0n) is 68.3. The molecular formula is C118H74N8. The molecule has 0 spiro atoms. The average molecular weight is 1600 g/mol. The quantitative estimate of drug-likeness (QED) is 0.116. The van der Waals surface area contributed by atoms with Crippen molar-refractivity contribution in [3.05, 3.63) is 449 Å². The Bertz CT molecular complexity index is 8450. The predicted octanol–water partition coefficient (Wildman–Crippen LogP) is 30.7. The van der Waals surface area contributed by atoms with E-state index in [0.717, 1.165) is 129 Å². The van der Waals surface area contributed by atoms with Crippen LogP contribution < -0.4 is 0 Å². The van der Waals surface area contributed by atoms with E-state index in [2.05, 4.69) is 470 Å². The molecule has 0 saturated carbocycles. The van der Waals surface area contributed by atoms with Crippen LogP contribution in [0.2, 0.25) is 0 Å². The fourth-order valence-electron chi connectivity index (χ4n) is 20.4. The molecule has 0 amide bonds. The van der Waals surface area contributed by atoms with Crippen LogP contribution in [0.5, 0.6) is 0 Å². The van der Waals surface area contributed by atoms with E-state index < -0.39 is 0 Å². The number of benzene rings is 19. The van der Waals surface area contributed by atoms with Crippen LogP contribution >= 0.6 is 0 Å². The maximum atomic E-state index is 5.45. The van der Waals surface area contributed by atoms with Gasteiger partial charge in [-0.25, -0.2) is 9.97 Å². The van der Waals surface area contributed by atoms with Crippen LogP contribution in [0.25, 0.3) is 243 Å². The number of nitrogens with zero attached hydrogens (tertiary/aromatic N) is 8. The Kier molecular flexibility index (Phi) is 15.9. The van der Waals surface area contributed by atoms with Gasteiger partial charge in [0.25, 0.3) is 0 Å². The minimum absolute atomic E-state index is 0.655. The molecule has 0 aliphatic heterocycles. The molecular weight excluding hydrogens is 1530 g/mol. The van der Waals surface area contributed by atoms with E-state index in [-0.39, 0.29) is 0 Å². The number of aromatic nitrogens is 8. The molecule has 0 N–H and O–H groups in total. The van der Waals surface area contributed by atoms with E-state index in [0.29, 0.717) is 5.82 Å². The Balaban J connectivity index is 0.549. The first-order valence-electron chi connectivity index (χ1n) is 43.2. The van der Waals surface area contributed by atoms with Gasteiger partial charge in [-0.05, 0) is 245 Å². The fraction of sp³-hybridized carbons (Fsp3) is 0. The first-order valence-corrected chi connectivity index (χ1v) is 43.2. The van der Waals surface area contributed by atoms with Crippen molar-refractivity contribution < 1.29 is 0 Å². The number of hydrogen-bond donors (Lipinski definition) is 0. The van der Waals surface area contributed by atoms with E-state index in [1.54, 1.807) is 0 Å². The highest BCUT2D eigenvalue weighted by atomic mass is 15.0. The van der Waals surface area contributed by atoms with Crippen molar-refractivity contribution in [3.8, 4) is 113 Å². The minimum Gasteiger partial charge on any atom is -0.309 e. The van der Waals surface area contributed by atoms with Crippen LogP contribution in [-0.4, -0.2) is 37.4 Å². The van der Waals surface area contributed by atoms with Crippen molar-refractivity contribution in [1.29, 1.82) is 0 Å². The Morgan fingerprint density at radius 2 is 0.310 bits per heavy atom. The zero-order valence-corrected chi connectivity index (χ0v) is 68.3. The van der Waals surface area contributed by atoms with Gasteiger partial charge in [-0.2, -0.15) is 0 Å². The average Bonchev–Trinajstić information content (AvgIpc) is 1.61. The first kappa shape index (κ1) is 70.9. The summed E-state index contributed by atoms with van der Waals surface area (Å²) in [6.45, 7) is 0. The molecule has 7 heterocycles. The Morgan fingerprint density at radius 1 is 0.119 bits per heavy atom. The van der Waals surface area contributed by atoms with Gasteiger partial charge in [-0.15, -0.1) is 0 Å². The Hall–Kier alpha value is -16.9. The second-order valence-electron chi connectivity index (χ2n) is 33.2. The minimum atomic E-state index is 0.655. The maximum absolute atomic E-state index is 5.45. The summed E-state index contributed by atoms with van der Waals surface area (Å²) in [5.74, 6) is 0.655. The van der Waals surface area contributed by atoms with Crippen molar-refractivity contribution in [2.24, 2.45) is 0 Å². The summed E-state index contributed by atoms with van der Waals surface area (Å²) < 4.78 is 14.4. The van der Waals surface area contributed by atoms with Crippen molar-refractivity contribution in [3.63, 3.8) is 0 Å². The third-order valence-corrected chi connectivity index (χ3v) is 26.2. The summed E-state index contributed by atoms with van der Waals surface area (Å²) in [6.07, 6.45) is 0. The van der Waals surface area contributed by atoms with Gasteiger partial charge in [0.05, 0.1) is 77.6 Å². The largest absolute Gasteiger partial charge is 0.309 e. The highest BCUT2D eigenvalue weighted by Gasteiger charge is 2.24. The van der Waals surface area contributed by atoms with Gasteiger partial charge in [0.1, 0.15) is 0 Å². The molecule has 19 aromatic carbocycles. The molecule has 586 valence electrons. The summed E-state index contributed by atoms with van der Waals surface area (Å²) in [4.78, 5) is 10.9. The first-order chi connectivity index (χ1) is 62.5. The highest BCUT2D eigenvalue weighted by molar-refractivity contribution is 6.18. The lowest BCUT2D eigenvalue weighted by molar-refractivity contribution is 1.16. The van der Waals surface area contributed by atoms with Crippen LogP contribution in [0.15, 0.2) is 449 Å². The van der Waals surface area contributed by atoms with E-state index in [9.17, 15) is 0 Å². The van der Waals surface area contributed by atoms with Gasteiger partial charge < -0.3 is 27.4 Å². The lowest BCUT2D eigenvalue weighted by Gasteiger charge is -2.13. The molecule has 0 atom stereocenters. The van der Waals surface area contributed by atoms with Gasteiger partial charge in [0.2, 0.25) is 0 Å². The van der Waals surface area contributed by atoms with Crippen LogP contribution in [-0.2, 0) is 0 Å². The van der Waals surface area contributed by atoms with Gasteiger partial charge in [-0.3, -0.25) is 0 Å². The Morgan fingerprint density at radius 3 is 0.563 bits per heavy atom. The summed E-state index contributed by atoms with van der Waals surface area (Å²) >= 11 is 0. The lowest BCUT2D eigenvalue weighted by Crippen LogP contribution is -1.99. The highest BCUT2D eigenvalue weighted by Crippen LogP contribution is 2.46. The molecule has 0 bridgehead atoms. The summed E-state index contributed by atoms with van der Waals surface area (Å²) in [7, 11) is 0.